The van der Waals surface area contributed by atoms with Gasteiger partial charge in [-0.15, -0.1) is 0 Å². The fraction of sp³-hybridized carbons (Fsp3) is 0.296. The van der Waals surface area contributed by atoms with Crippen molar-refractivity contribution in [1.29, 1.82) is 0 Å². The van der Waals surface area contributed by atoms with Crippen LogP contribution in [0.2, 0.25) is 5.02 Å². The molecule has 3 aromatic rings. The van der Waals surface area contributed by atoms with Gasteiger partial charge in [0.25, 0.3) is 10.0 Å². The third kappa shape index (κ3) is 5.99. The Bertz CT molecular complexity index is 1350. The largest absolute Gasteiger partial charge is 0.496 e. The second kappa shape index (κ2) is 11.3. The molecule has 1 N–H and O–H groups in total. The highest BCUT2D eigenvalue weighted by Gasteiger charge is 2.28. The van der Waals surface area contributed by atoms with Crippen molar-refractivity contribution in [2.45, 2.75) is 44.6 Å². The average molecular weight is 533 g/mol. The van der Waals surface area contributed by atoms with Crippen LogP contribution in [0.5, 0.6) is 5.75 Å². The Morgan fingerprint density at radius 2 is 1.72 bits per heavy atom. The summed E-state index contributed by atoms with van der Waals surface area (Å²) in [6, 6.07) is 14.8. The van der Waals surface area contributed by atoms with Crippen LogP contribution in [0.15, 0.2) is 65.6 Å². The molecule has 9 heteroatoms. The molecule has 0 aliphatic heterocycles. The summed E-state index contributed by atoms with van der Waals surface area (Å²) in [5.41, 5.74) is 2.92. The summed E-state index contributed by atoms with van der Waals surface area (Å²) in [6.45, 7) is 7.36. The maximum absolute atomic E-state index is 13.8. The van der Waals surface area contributed by atoms with E-state index in [-0.39, 0.29) is 21.5 Å². The predicted molar refractivity (Wildman–Crippen MR) is 141 cm³/mol. The van der Waals surface area contributed by atoms with Gasteiger partial charge in [0, 0.05) is 0 Å². The number of sulfonamides is 1. The molecule has 0 aromatic heterocycles. The van der Waals surface area contributed by atoms with Crippen LogP contribution in [0, 0.1) is 12.7 Å². The van der Waals surface area contributed by atoms with Gasteiger partial charge in [0.2, 0.25) is 5.91 Å². The minimum Gasteiger partial charge on any atom is -0.496 e. The predicted octanol–water partition coefficient (Wildman–Crippen LogP) is 5.99. The molecule has 0 unspecified atom stereocenters. The number of hydrogen-bond donors (Lipinski definition) is 1. The van der Waals surface area contributed by atoms with E-state index in [4.69, 9.17) is 16.3 Å². The molecule has 192 valence electrons. The molecule has 3 rings (SSSR count). The van der Waals surface area contributed by atoms with E-state index >= 15 is 0 Å². The maximum Gasteiger partial charge on any atom is 0.264 e. The number of ether oxygens (including phenoxy) is 1. The lowest BCUT2D eigenvalue weighted by atomic mass is 9.93. The summed E-state index contributed by atoms with van der Waals surface area (Å²) in [4.78, 5) is 13.1. The maximum atomic E-state index is 13.8. The summed E-state index contributed by atoms with van der Waals surface area (Å²) in [7, 11) is -2.52. The molecule has 0 bridgehead atoms. The van der Waals surface area contributed by atoms with Crippen molar-refractivity contribution >= 4 is 33.2 Å². The summed E-state index contributed by atoms with van der Waals surface area (Å²) in [5, 5.41) is 2.65. The van der Waals surface area contributed by atoms with E-state index in [1.807, 2.05) is 26.0 Å². The monoisotopic (exact) mass is 532 g/mol. The van der Waals surface area contributed by atoms with Gasteiger partial charge in [0.1, 0.15) is 18.1 Å². The van der Waals surface area contributed by atoms with Crippen molar-refractivity contribution < 1.29 is 22.3 Å². The molecule has 0 aliphatic rings. The fourth-order valence-electron chi connectivity index (χ4n) is 3.98. The topological polar surface area (TPSA) is 75.7 Å². The number of carbonyl (C=O) groups excluding carboxylic acids is 1. The normalized spacial score (nSPS) is 12.3. The third-order valence-electron chi connectivity index (χ3n) is 5.89. The SMILES string of the molecule is COc1cc(C)c([C@H](C)NC(=O)CN(c2ccc(F)c(Cl)c2)S(=O)(=O)c2ccccc2)cc1C(C)C. The van der Waals surface area contributed by atoms with E-state index in [2.05, 4.69) is 19.2 Å². The van der Waals surface area contributed by atoms with Gasteiger partial charge < -0.3 is 10.1 Å². The first-order chi connectivity index (χ1) is 16.9. The van der Waals surface area contributed by atoms with Gasteiger partial charge in [-0.1, -0.05) is 43.6 Å². The van der Waals surface area contributed by atoms with Crippen molar-refractivity contribution in [1.82, 2.24) is 5.32 Å². The Morgan fingerprint density at radius 3 is 2.31 bits per heavy atom. The van der Waals surface area contributed by atoms with E-state index in [0.29, 0.717) is 0 Å². The highest BCUT2D eigenvalue weighted by Crippen LogP contribution is 2.32. The number of hydrogen-bond acceptors (Lipinski definition) is 4. The average Bonchev–Trinajstić information content (AvgIpc) is 2.84. The van der Waals surface area contributed by atoms with Crippen LogP contribution in [-0.2, 0) is 14.8 Å². The molecule has 0 spiro atoms. The number of carbonyl (C=O) groups is 1. The molecule has 0 fully saturated rings. The number of nitrogens with one attached hydrogen (secondary N) is 1. The van der Waals surface area contributed by atoms with Gasteiger partial charge in [-0.3, -0.25) is 9.10 Å². The molecule has 0 saturated heterocycles. The number of amides is 1. The Labute approximate surface area is 217 Å². The van der Waals surface area contributed by atoms with E-state index in [1.165, 1.54) is 24.3 Å². The van der Waals surface area contributed by atoms with Crippen LogP contribution in [0.3, 0.4) is 0 Å². The molecule has 0 saturated carbocycles. The first-order valence-electron chi connectivity index (χ1n) is 11.5. The molecule has 1 atom stereocenters. The zero-order chi connectivity index (χ0) is 26.6. The van der Waals surface area contributed by atoms with E-state index < -0.39 is 34.3 Å². The van der Waals surface area contributed by atoms with Crippen LogP contribution < -0.4 is 14.4 Å². The number of aryl methyl sites for hydroxylation is 1. The van der Waals surface area contributed by atoms with Crippen LogP contribution in [0.25, 0.3) is 0 Å². The Hall–Kier alpha value is -3.10. The summed E-state index contributed by atoms with van der Waals surface area (Å²) in [5.74, 6) is -0.231. The fourth-order valence-corrected chi connectivity index (χ4v) is 5.59. The Morgan fingerprint density at radius 1 is 1.06 bits per heavy atom. The van der Waals surface area contributed by atoms with E-state index in [1.54, 1.807) is 25.3 Å². The molecule has 0 aliphatic carbocycles. The number of methoxy groups -OCH3 is 1. The number of anilines is 1. The lowest BCUT2D eigenvalue weighted by molar-refractivity contribution is -0.120. The quantitative estimate of drug-likeness (QED) is 0.367. The standard InChI is InChI=1S/C27H30ClFN2O4S/c1-17(2)22-15-23(18(3)13-26(22)35-5)19(4)30-27(32)16-31(20-11-12-25(29)24(28)14-20)36(33,34)21-9-7-6-8-10-21/h6-15,17,19H,16H2,1-5H3,(H,30,32)/t19-/m0/s1. The Kier molecular flexibility index (Phi) is 8.63. The minimum absolute atomic E-state index is 0.00105. The van der Waals surface area contributed by atoms with Crippen molar-refractivity contribution in [3.63, 3.8) is 0 Å². The highest BCUT2D eigenvalue weighted by atomic mass is 35.5. The molecule has 36 heavy (non-hydrogen) atoms. The summed E-state index contributed by atoms with van der Waals surface area (Å²) < 4.78 is 47.1. The van der Waals surface area contributed by atoms with Gasteiger partial charge in [-0.25, -0.2) is 12.8 Å². The van der Waals surface area contributed by atoms with Crippen LogP contribution in [0.4, 0.5) is 10.1 Å². The van der Waals surface area contributed by atoms with Crippen LogP contribution in [0.1, 0.15) is 49.4 Å². The molecular weight excluding hydrogens is 503 g/mol. The van der Waals surface area contributed by atoms with Gasteiger partial charge in [-0.05, 0) is 78.9 Å². The van der Waals surface area contributed by atoms with Gasteiger partial charge in [0.15, 0.2) is 0 Å². The number of nitrogens with zero attached hydrogens (tertiary/aromatic N) is 1. The van der Waals surface area contributed by atoms with Gasteiger partial charge >= 0.3 is 0 Å². The number of halogens is 2. The van der Waals surface area contributed by atoms with E-state index in [0.717, 1.165) is 32.8 Å². The molecule has 3 aromatic carbocycles. The number of rotatable bonds is 9. The summed E-state index contributed by atoms with van der Waals surface area (Å²) >= 11 is 5.93. The van der Waals surface area contributed by atoms with Gasteiger partial charge in [-0.2, -0.15) is 0 Å². The van der Waals surface area contributed by atoms with Crippen molar-refractivity contribution in [3.05, 3.63) is 88.2 Å². The molecule has 6 nitrogen and oxygen atoms in total. The van der Waals surface area contributed by atoms with Crippen LogP contribution in [-0.4, -0.2) is 28.0 Å². The molecule has 1 amide bonds. The minimum atomic E-state index is -4.14. The van der Waals surface area contributed by atoms with Crippen LogP contribution >= 0.6 is 11.6 Å². The van der Waals surface area contributed by atoms with E-state index in [9.17, 15) is 17.6 Å². The first-order valence-corrected chi connectivity index (χ1v) is 13.3. The molecule has 0 radical (unpaired) electrons. The lowest BCUT2D eigenvalue weighted by Gasteiger charge is -2.26. The van der Waals surface area contributed by atoms with Crippen molar-refractivity contribution in [2.75, 3.05) is 18.0 Å². The molecule has 0 heterocycles. The number of benzene rings is 3. The second-order valence-electron chi connectivity index (χ2n) is 8.82. The zero-order valence-electron chi connectivity index (χ0n) is 20.9. The lowest BCUT2D eigenvalue weighted by Crippen LogP contribution is -2.41. The van der Waals surface area contributed by atoms with Gasteiger partial charge in [0.05, 0.1) is 28.8 Å². The third-order valence-corrected chi connectivity index (χ3v) is 7.97. The first kappa shape index (κ1) is 27.5. The van der Waals surface area contributed by atoms with Crippen molar-refractivity contribution in [3.8, 4) is 5.75 Å². The van der Waals surface area contributed by atoms with Crippen molar-refractivity contribution in [2.24, 2.45) is 0 Å². The second-order valence-corrected chi connectivity index (χ2v) is 11.1. The summed E-state index contributed by atoms with van der Waals surface area (Å²) in [6.07, 6.45) is 0. The zero-order valence-corrected chi connectivity index (χ0v) is 22.5. The smallest absolute Gasteiger partial charge is 0.264 e. The Balaban J connectivity index is 1.93. The highest BCUT2D eigenvalue weighted by molar-refractivity contribution is 7.92. The molecular formula is C27H30ClFN2O4S.